The number of thiazole rings is 1. The quantitative estimate of drug-likeness (QED) is 0.525. The molecular weight excluding hydrogens is 258 g/mol. The zero-order valence-electron chi connectivity index (χ0n) is 9.52. The molecule has 5 nitrogen and oxygen atoms in total. The number of amides is 2. The van der Waals surface area contributed by atoms with Crippen LogP contribution in [-0.4, -0.2) is 35.6 Å². The lowest BCUT2D eigenvalue weighted by Crippen LogP contribution is -2.34. The van der Waals surface area contributed by atoms with Crippen LogP contribution in [0.2, 0.25) is 0 Å². The summed E-state index contributed by atoms with van der Waals surface area (Å²) < 4.78 is 0. The van der Waals surface area contributed by atoms with Gasteiger partial charge in [0.25, 0.3) is 5.91 Å². The monoisotopic (exact) mass is 273 g/mol. The van der Waals surface area contributed by atoms with Crippen LogP contribution in [0.25, 0.3) is 0 Å². The molecule has 1 rings (SSSR count). The SMILES string of the molecule is Cc1ncsc1C(=O)NCCNC(=O)CCS. The van der Waals surface area contributed by atoms with Crippen LogP contribution in [0.3, 0.4) is 0 Å². The lowest BCUT2D eigenvalue weighted by Gasteiger charge is -2.05. The van der Waals surface area contributed by atoms with Crippen LogP contribution in [-0.2, 0) is 4.79 Å². The van der Waals surface area contributed by atoms with Gasteiger partial charge >= 0.3 is 0 Å². The van der Waals surface area contributed by atoms with Gasteiger partial charge in [0.15, 0.2) is 0 Å². The Hall–Kier alpha value is -1.08. The molecule has 0 atom stereocenters. The fraction of sp³-hybridized carbons (Fsp3) is 0.500. The zero-order chi connectivity index (χ0) is 12.7. The smallest absolute Gasteiger partial charge is 0.263 e. The van der Waals surface area contributed by atoms with Gasteiger partial charge in [-0.15, -0.1) is 11.3 Å². The van der Waals surface area contributed by atoms with Gasteiger partial charge in [-0.2, -0.15) is 12.6 Å². The first-order valence-electron chi connectivity index (χ1n) is 5.21. The summed E-state index contributed by atoms with van der Waals surface area (Å²) in [5, 5.41) is 5.41. The van der Waals surface area contributed by atoms with E-state index in [2.05, 4.69) is 28.2 Å². The maximum Gasteiger partial charge on any atom is 0.263 e. The first-order valence-corrected chi connectivity index (χ1v) is 6.72. The highest BCUT2D eigenvalue weighted by Gasteiger charge is 2.10. The van der Waals surface area contributed by atoms with Gasteiger partial charge in [-0.25, -0.2) is 4.98 Å². The Kier molecular flexibility index (Phi) is 5.99. The third-order valence-electron chi connectivity index (χ3n) is 2.02. The second kappa shape index (κ2) is 7.29. The fourth-order valence-electron chi connectivity index (χ4n) is 1.17. The van der Waals surface area contributed by atoms with Crippen molar-refractivity contribution in [1.29, 1.82) is 0 Å². The highest BCUT2D eigenvalue weighted by molar-refractivity contribution is 7.80. The van der Waals surface area contributed by atoms with E-state index < -0.39 is 0 Å². The molecule has 0 saturated carbocycles. The van der Waals surface area contributed by atoms with E-state index in [-0.39, 0.29) is 11.8 Å². The molecule has 2 amide bonds. The summed E-state index contributed by atoms with van der Waals surface area (Å²) >= 11 is 5.26. The van der Waals surface area contributed by atoms with E-state index in [0.717, 1.165) is 5.69 Å². The predicted octanol–water partition coefficient (Wildman–Crippen LogP) is 0.617. The molecule has 0 fully saturated rings. The van der Waals surface area contributed by atoms with Crippen LogP contribution in [0.1, 0.15) is 21.8 Å². The molecule has 1 heterocycles. The molecule has 1 aromatic heterocycles. The minimum atomic E-state index is -0.145. The Bertz CT molecular complexity index is 393. The van der Waals surface area contributed by atoms with Gasteiger partial charge in [0.05, 0.1) is 11.2 Å². The van der Waals surface area contributed by atoms with Gasteiger partial charge in [0.1, 0.15) is 4.88 Å². The first-order chi connectivity index (χ1) is 8.15. The van der Waals surface area contributed by atoms with E-state index in [1.165, 1.54) is 11.3 Å². The summed E-state index contributed by atoms with van der Waals surface area (Å²) in [4.78, 5) is 27.3. The molecule has 0 saturated heterocycles. The summed E-state index contributed by atoms with van der Waals surface area (Å²) in [6.07, 6.45) is 0.394. The Morgan fingerprint density at radius 3 is 2.71 bits per heavy atom. The normalized spacial score (nSPS) is 10.0. The molecule has 1 aromatic rings. The number of rotatable bonds is 6. The van der Waals surface area contributed by atoms with Crippen molar-refractivity contribution >= 4 is 35.8 Å². The second-order valence-corrected chi connectivity index (χ2v) is 4.65. The van der Waals surface area contributed by atoms with Gasteiger partial charge in [-0.05, 0) is 12.7 Å². The summed E-state index contributed by atoms with van der Waals surface area (Å²) in [5.74, 6) is 0.329. The average Bonchev–Trinajstić information content (AvgIpc) is 2.71. The molecule has 94 valence electrons. The first kappa shape index (κ1) is 14.0. The number of nitrogens with one attached hydrogen (secondary N) is 2. The number of aromatic nitrogens is 1. The second-order valence-electron chi connectivity index (χ2n) is 3.35. The number of nitrogens with zero attached hydrogens (tertiary/aromatic N) is 1. The van der Waals surface area contributed by atoms with Gasteiger partial charge in [0.2, 0.25) is 5.91 Å². The molecule has 0 spiro atoms. The number of hydrogen-bond donors (Lipinski definition) is 3. The van der Waals surface area contributed by atoms with Crippen LogP contribution in [0.4, 0.5) is 0 Å². The average molecular weight is 273 g/mol. The molecule has 17 heavy (non-hydrogen) atoms. The molecular formula is C10H15N3O2S2. The highest BCUT2D eigenvalue weighted by Crippen LogP contribution is 2.10. The number of thiol groups is 1. The number of carbonyl (C=O) groups is 2. The van der Waals surface area contributed by atoms with E-state index in [1.54, 1.807) is 12.4 Å². The highest BCUT2D eigenvalue weighted by atomic mass is 32.1. The van der Waals surface area contributed by atoms with E-state index in [4.69, 9.17) is 0 Å². The van der Waals surface area contributed by atoms with Crippen LogP contribution < -0.4 is 10.6 Å². The summed E-state index contributed by atoms with van der Waals surface area (Å²) in [7, 11) is 0. The topological polar surface area (TPSA) is 71.1 Å². The fourth-order valence-corrected chi connectivity index (χ4v) is 2.09. The van der Waals surface area contributed by atoms with Crippen molar-refractivity contribution in [2.24, 2.45) is 0 Å². The van der Waals surface area contributed by atoms with Gasteiger partial charge in [-0.1, -0.05) is 0 Å². The zero-order valence-corrected chi connectivity index (χ0v) is 11.2. The minimum absolute atomic E-state index is 0.0526. The number of aryl methyl sites for hydroxylation is 1. The number of carbonyl (C=O) groups excluding carboxylic acids is 2. The van der Waals surface area contributed by atoms with Crippen LogP contribution in [0, 0.1) is 6.92 Å². The lowest BCUT2D eigenvalue weighted by atomic mass is 10.3. The molecule has 2 N–H and O–H groups in total. The van der Waals surface area contributed by atoms with Crippen molar-refractivity contribution in [3.05, 3.63) is 16.1 Å². The van der Waals surface area contributed by atoms with Crippen molar-refractivity contribution in [2.75, 3.05) is 18.8 Å². The minimum Gasteiger partial charge on any atom is -0.354 e. The largest absolute Gasteiger partial charge is 0.354 e. The third kappa shape index (κ3) is 4.74. The van der Waals surface area contributed by atoms with Crippen molar-refractivity contribution in [3.8, 4) is 0 Å². The van der Waals surface area contributed by atoms with Crippen molar-refractivity contribution in [3.63, 3.8) is 0 Å². The molecule has 7 heteroatoms. The maximum atomic E-state index is 11.6. The summed E-state index contributed by atoms with van der Waals surface area (Å²) in [5.41, 5.74) is 2.37. The standard InChI is InChI=1S/C10H15N3O2S2/c1-7-9(17-6-13-7)10(15)12-4-3-11-8(14)2-5-16/h6,16H,2-5H2,1H3,(H,11,14)(H,12,15). The molecule has 0 radical (unpaired) electrons. The van der Waals surface area contributed by atoms with Gasteiger partial charge in [-0.3, -0.25) is 9.59 Å². The lowest BCUT2D eigenvalue weighted by molar-refractivity contribution is -0.120. The summed E-state index contributed by atoms with van der Waals surface area (Å²) in [6, 6.07) is 0. The van der Waals surface area contributed by atoms with Crippen LogP contribution in [0.15, 0.2) is 5.51 Å². The van der Waals surface area contributed by atoms with E-state index in [9.17, 15) is 9.59 Å². The third-order valence-corrected chi connectivity index (χ3v) is 3.17. The van der Waals surface area contributed by atoms with E-state index in [1.807, 2.05) is 0 Å². The molecule has 0 aromatic carbocycles. The Balaban J connectivity index is 2.21. The van der Waals surface area contributed by atoms with Gasteiger partial charge in [0, 0.05) is 19.5 Å². The van der Waals surface area contributed by atoms with Crippen molar-refractivity contribution in [2.45, 2.75) is 13.3 Å². The Labute approximate surface area is 109 Å². The maximum absolute atomic E-state index is 11.6. The predicted molar refractivity (Wildman–Crippen MR) is 70.7 cm³/mol. The van der Waals surface area contributed by atoms with Crippen molar-refractivity contribution < 1.29 is 9.59 Å². The van der Waals surface area contributed by atoms with Gasteiger partial charge < -0.3 is 10.6 Å². The van der Waals surface area contributed by atoms with E-state index in [0.29, 0.717) is 30.1 Å². The number of hydrogen-bond acceptors (Lipinski definition) is 5. The van der Waals surface area contributed by atoms with Crippen molar-refractivity contribution in [1.82, 2.24) is 15.6 Å². The van der Waals surface area contributed by atoms with Crippen LogP contribution >= 0.6 is 24.0 Å². The molecule has 0 aliphatic carbocycles. The molecule has 0 unspecified atom stereocenters. The van der Waals surface area contributed by atoms with Crippen LogP contribution in [0.5, 0.6) is 0 Å². The Morgan fingerprint density at radius 1 is 1.41 bits per heavy atom. The summed E-state index contributed by atoms with van der Waals surface area (Å²) in [6.45, 7) is 2.63. The Morgan fingerprint density at radius 2 is 2.12 bits per heavy atom. The molecule has 0 aliphatic heterocycles. The van der Waals surface area contributed by atoms with E-state index >= 15 is 0 Å². The molecule has 0 bridgehead atoms. The molecule has 0 aliphatic rings.